The van der Waals surface area contributed by atoms with E-state index < -0.39 is 0 Å². The molecule has 0 amide bonds. The Balaban J connectivity index is 2.47. The van der Waals surface area contributed by atoms with Crippen molar-refractivity contribution in [3.63, 3.8) is 0 Å². The second-order valence-corrected chi connectivity index (χ2v) is 4.20. The van der Waals surface area contributed by atoms with Gasteiger partial charge in [0.05, 0.1) is 4.99 Å². The first-order valence-electron chi connectivity index (χ1n) is 4.53. The minimum atomic E-state index is 0.0423. The molecule has 0 aliphatic heterocycles. The highest BCUT2D eigenvalue weighted by Gasteiger charge is 2.47. The van der Waals surface area contributed by atoms with E-state index in [1.165, 1.54) is 11.1 Å². The summed E-state index contributed by atoms with van der Waals surface area (Å²) in [7, 11) is 0. The summed E-state index contributed by atoms with van der Waals surface area (Å²) in [6, 6.07) is 8.37. The van der Waals surface area contributed by atoms with E-state index in [2.05, 4.69) is 31.2 Å². The van der Waals surface area contributed by atoms with Crippen LogP contribution in [0.3, 0.4) is 0 Å². The van der Waals surface area contributed by atoms with E-state index in [-0.39, 0.29) is 5.41 Å². The first kappa shape index (κ1) is 8.70. The van der Waals surface area contributed by atoms with Crippen molar-refractivity contribution in [3.8, 4) is 0 Å². The summed E-state index contributed by atoms with van der Waals surface area (Å²) in [4.78, 5) is 0.654. The highest BCUT2D eigenvalue weighted by atomic mass is 32.1. The maximum absolute atomic E-state index is 5.77. The molecule has 0 atom stereocenters. The van der Waals surface area contributed by atoms with Gasteiger partial charge in [-0.3, -0.25) is 0 Å². The van der Waals surface area contributed by atoms with Crippen LogP contribution in [0.5, 0.6) is 0 Å². The van der Waals surface area contributed by atoms with Crippen LogP contribution in [0, 0.1) is 6.92 Å². The highest BCUT2D eigenvalue weighted by Crippen LogP contribution is 2.49. The number of thiocarbonyl (C=S) groups is 1. The predicted octanol–water partition coefficient (Wildman–Crippen LogP) is 2.31. The van der Waals surface area contributed by atoms with Crippen LogP contribution in [0.1, 0.15) is 24.0 Å². The molecule has 0 unspecified atom stereocenters. The molecule has 68 valence electrons. The Kier molecular flexibility index (Phi) is 1.88. The van der Waals surface area contributed by atoms with E-state index in [0.717, 1.165) is 12.8 Å². The van der Waals surface area contributed by atoms with E-state index in [4.69, 9.17) is 18.0 Å². The largest absolute Gasteiger partial charge is 0.393 e. The number of nitrogens with two attached hydrogens (primary N) is 1. The third kappa shape index (κ3) is 1.25. The van der Waals surface area contributed by atoms with Gasteiger partial charge in [0.1, 0.15) is 0 Å². The molecule has 0 aromatic heterocycles. The Morgan fingerprint density at radius 2 is 2.00 bits per heavy atom. The van der Waals surface area contributed by atoms with Crippen molar-refractivity contribution < 1.29 is 0 Å². The zero-order valence-electron chi connectivity index (χ0n) is 7.71. The molecule has 1 fully saturated rings. The molecule has 2 rings (SSSR count). The normalized spacial score (nSPS) is 18.2. The molecule has 1 aromatic rings. The SMILES string of the molecule is Cc1ccccc1C1(C(N)=S)CC1. The van der Waals surface area contributed by atoms with Crippen LogP contribution in [-0.2, 0) is 5.41 Å². The lowest BCUT2D eigenvalue weighted by Crippen LogP contribution is -2.27. The molecule has 0 radical (unpaired) electrons. The number of hydrogen-bond donors (Lipinski definition) is 1. The van der Waals surface area contributed by atoms with E-state index in [0.29, 0.717) is 4.99 Å². The van der Waals surface area contributed by atoms with Gasteiger partial charge >= 0.3 is 0 Å². The third-order valence-electron chi connectivity index (χ3n) is 2.88. The molecular weight excluding hydrogens is 178 g/mol. The highest BCUT2D eigenvalue weighted by molar-refractivity contribution is 7.80. The first-order chi connectivity index (χ1) is 6.17. The molecule has 1 nitrogen and oxygen atoms in total. The molecule has 0 spiro atoms. The van der Waals surface area contributed by atoms with Crippen molar-refractivity contribution in [2.75, 3.05) is 0 Å². The van der Waals surface area contributed by atoms with Crippen LogP contribution < -0.4 is 5.73 Å². The summed E-state index contributed by atoms with van der Waals surface area (Å²) in [5.41, 5.74) is 8.43. The van der Waals surface area contributed by atoms with E-state index >= 15 is 0 Å². The summed E-state index contributed by atoms with van der Waals surface area (Å²) in [5.74, 6) is 0. The van der Waals surface area contributed by atoms with Gasteiger partial charge in [0, 0.05) is 5.41 Å². The van der Waals surface area contributed by atoms with Crippen molar-refractivity contribution >= 4 is 17.2 Å². The van der Waals surface area contributed by atoms with Gasteiger partial charge in [0.25, 0.3) is 0 Å². The maximum atomic E-state index is 5.77. The standard InChI is InChI=1S/C11H13NS/c1-8-4-2-3-5-9(8)11(6-7-11)10(12)13/h2-5H,6-7H2,1H3,(H2,12,13). The van der Waals surface area contributed by atoms with Gasteiger partial charge in [-0.25, -0.2) is 0 Å². The lowest BCUT2D eigenvalue weighted by Gasteiger charge is -2.16. The summed E-state index contributed by atoms with van der Waals surface area (Å²) < 4.78 is 0. The summed E-state index contributed by atoms with van der Waals surface area (Å²) in [5, 5.41) is 0. The van der Waals surface area contributed by atoms with E-state index in [1.807, 2.05) is 0 Å². The smallest absolute Gasteiger partial charge is 0.0834 e. The second-order valence-electron chi connectivity index (χ2n) is 3.76. The first-order valence-corrected chi connectivity index (χ1v) is 4.94. The number of rotatable bonds is 2. The van der Waals surface area contributed by atoms with E-state index in [1.54, 1.807) is 0 Å². The maximum Gasteiger partial charge on any atom is 0.0834 e. The van der Waals surface area contributed by atoms with Crippen LogP contribution in [0.4, 0.5) is 0 Å². The zero-order valence-corrected chi connectivity index (χ0v) is 8.53. The summed E-state index contributed by atoms with van der Waals surface area (Å²) >= 11 is 5.11. The van der Waals surface area contributed by atoms with Crippen LogP contribution in [0.2, 0.25) is 0 Å². The predicted molar refractivity (Wildman–Crippen MR) is 58.9 cm³/mol. The topological polar surface area (TPSA) is 26.0 Å². The van der Waals surface area contributed by atoms with Gasteiger partial charge < -0.3 is 5.73 Å². The molecule has 0 heterocycles. The Hall–Kier alpha value is -0.890. The summed E-state index contributed by atoms with van der Waals surface area (Å²) in [6.45, 7) is 2.12. The van der Waals surface area contributed by atoms with Gasteiger partial charge in [0.15, 0.2) is 0 Å². The van der Waals surface area contributed by atoms with Gasteiger partial charge in [-0.1, -0.05) is 36.5 Å². The quantitative estimate of drug-likeness (QED) is 0.726. The van der Waals surface area contributed by atoms with Crippen molar-refractivity contribution in [3.05, 3.63) is 35.4 Å². The van der Waals surface area contributed by atoms with Crippen molar-refractivity contribution in [1.29, 1.82) is 0 Å². The van der Waals surface area contributed by atoms with E-state index in [9.17, 15) is 0 Å². The average Bonchev–Trinajstić information content (AvgIpc) is 2.85. The van der Waals surface area contributed by atoms with Gasteiger partial charge in [-0.15, -0.1) is 0 Å². The second kappa shape index (κ2) is 2.81. The van der Waals surface area contributed by atoms with Gasteiger partial charge in [-0.05, 0) is 30.9 Å². The van der Waals surface area contributed by atoms with Crippen LogP contribution in [0.15, 0.2) is 24.3 Å². The molecular formula is C11H13NS. The lowest BCUT2D eigenvalue weighted by atomic mass is 9.92. The average molecular weight is 191 g/mol. The Bertz CT molecular complexity index is 353. The molecule has 0 saturated heterocycles. The molecule has 0 bridgehead atoms. The van der Waals surface area contributed by atoms with Crippen LogP contribution in [-0.4, -0.2) is 4.99 Å². The van der Waals surface area contributed by atoms with Gasteiger partial charge in [0.2, 0.25) is 0 Å². The zero-order chi connectivity index (χ0) is 9.47. The van der Waals surface area contributed by atoms with Crippen molar-refractivity contribution in [2.24, 2.45) is 5.73 Å². The number of hydrogen-bond acceptors (Lipinski definition) is 1. The minimum Gasteiger partial charge on any atom is -0.393 e. The van der Waals surface area contributed by atoms with Crippen molar-refractivity contribution in [2.45, 2.75) is 25.2 Å². The molecule has 1 aliphatic rings. The fourth-order valence-corrected chi connectivity index (χ4v) is 2.20. The number of aryl methyl sites for hydroxylation is 1. The minimum absolute atomic E-state index is 0.0423. The summed E-state index contributed by atoms with van der Waals surface area (Å²) in [6.07, 6.45) is 2.24. The molecule has 1 aliphatic carbocycles. The molecule has 13 heavy (non-hydrogen) atoms. The number of benzene rings is 1. The fraction of sp³-hybridized carbons (Fsp3) is 0.364. The Labute approximate surface area is 83.9 Å². The third-order valence-corrected chi connectivity index (χ3v) is 3.27. The molecule has 2 heteroatoms. The van der Waals surface area contributed by atoms with Crippen LogP contribution in [0.25, 0.3) is 0 Å². The Morgan fingerprint density at radius 3 is 2.46 bits per heavy atom. The molecule has 2 N–H and O–H groups in total. The fourth-order valence-electron chi connectivity index (χ4n) is 1.88. The van der Waals surface area contributed by atoms with Crippen molar-refractivity contribution in [1.82, 2.24) is 0 Å². The molecule has 1 aromatic carbocycles. The Morgan fingerprint density at radius 1 is 1.38 bits per heavy atom. The van der Waals surface area contributed by atoms with Gasteiger partial charge in [-0.2, -0.15) is 0 Å². The van der Waals surface area contributed by atoms with Crippen LogP contribution >= 0.6 is 12.2 Å². The molecule has 1 saturated carbocycles. The lowest BCUT2D eigenvalue weighted by molar-refractivity contribution is 0.939. The monoisotopic (exact) mass is 191 g/mol.